The van der Waals surface area contributed by atoms with E-state index in [0.717, 1.165) is 30.5 Å². The van der Waals surface area contributed by atoms with E-state index in [9.17, 15) is 4.79 Å². The number of hydrogen-bond donors (Lipinski definition) is 1. The van der Waals surface area contributed by atoms with Crippen molar-refractivity contribution in [2.45, 2.75) is 19.8 Å². The van der Waals surface area contributed by atoms with Crippen LogP contribution in [0.3, 0.4) is 0 Å². The molecule has 1 saturated heterocycles. The first-order valence-electron chi connectivity index (χ1n) is 4.94. The van der Waals surface area contributed by atoms with Gasteiger partial charge >= 0.3 is 0 Å². The second-order valence-electron chi connectivity index (χ2n) is 3.85. The number of aryl methyl sites for hydroxylation is 1. The quantitative estimate of drug-likeness (QED) is 0.758. The number of pyridine rings is 1. The molecule has 1 aromatic heterocycles. The lowest BCUT2D eigenvalue weighted by atomic mass is 9.99. The summed E-state index contributed by atoms with van der Waals surface area (Å²) in [4.78, 5) is 15.5. The van der Waals surface area contributed by atoms with E-state index in [1.165, 1.54) is 0 Å². The first kappa shape index (κ1) is 9.19. The molecule has 2 heterocycles. The maximum atomic E-state index is 11.3. The van der Waals surface area contributed by atoms with Gasteiger partial charge in [0.15, 0.2) is 0 Å². The van der Waals surface area contributed by atoms with Crippen LogP contribution in [-0.2, 0) is 11.2 Å². The average Bonchev–Trinajstić information content (AvgIpc) is 2.52. The topological polar surface area (TPSA) is 42.0 Å². The predicted octanol–water partition coefficient (Wildman–Crippen LogP) is 1.07. The molecule has 14 heavy (non-hydrogen) atoms. The van der Waals surface area contributed by atoms with Crippen LogP contribution in [0.4, 0.5) is 0 Å². The van der Waals surface area contributed by atoms with Gasteiger partial charge in [0, 0.05) is 24.9 Å². The summed E-state index contributed by atoms with van der Waals surface area (Å²) < 4.78 is 0. The van der Waals surface area contributed by atoms with Crippen molar-refractivity contribution in [3.05, 3.63) is 29.6 Å². The summed E-state index contributed by atoms with van der Waals surface area (Å²) in [6.45, 7) is 2.84. The molecule has 1 atom stereocenters. The van der Waals surface area contributed by atoms with Gasteiger partial charge in [-0.2, -0.15) is 0 Å². The summed E-state index contributed by atoms with van der Waals surface area (Å²) >= 11 is 0. The summed E-state index contributed by atoms with van der Waals surface area (Å²) in [5, 5.41) is 2.85. The molecule has 1 N–H and O–H groups in total. The molecule has 2 rings (SSSR count). The van der Waals surface area contributed by atoms with Crippen LogP contribution in [-0.4, -0.2) is 17.4 Å². The van der Waals surface area contributed by atoms with Crippen molar-refractivity contribution in [3.63, 3.8) is 0 Å². The maximum Gasteiger partial charge on any atom is 0.223 e. The Labute approximate surface area is 83.5 Å². The fourth-order valence-corrected chi connectivity index (χ4v) is 1.85. The fourth-order valence-electron chi connectivity index (χ4n) is 1.85. The molecule has 0 saturated carbocycles. The molecule has 0 aromatic carbocycles. The van der Waals surface area contributed by atoms with E-state index < -0.39 is 0 Å². The maximum absolute atomic E-state index is 11.3. The third kappa shape index (κ3) is 1.92. The highest BCUT2D eigenvalue weighted by Crippen LogP contribution is 2.16. The first-order valence-corrected chi connectivity index (χ1v) is 4.94. The molecular formula is C11H14N2O. The zero-order chi connectivity index (χ0) is 9.97. The molecule has 0 bridgehead atoms. The van der Waals surface area contributed by atoms with Crippen LogP contribution >= 0.6 is 0 Å². The van der Waals surface area contributed by atoms with Gasteiger partial charge in [-0.3, -0.25) is 9.78 Å². The lowest BCUT2D eigenvalue weighted by molar-refractivity contribution is -0.122. The Hall–Kier alpha value is -1.38. The number of nitrogens with zero attached hydrogens (tertiary/aromatic N) is 1. The van der Waals surface area contributed by atoms with E-state index >= 15 is 0 Å². The summed E-state index contributed by atoms with van der Waals surface area (Å²) in [6, 6.07) is 2.10. The minimum atomic E-state index is 0.151. The van der Waals surface area contributed by atoms with Gasteiger partial charge in [-0.25, -0.2) is 0 Å². The monoisotopic (exact) mass is 190 g/mol. The number of carbonyl (C=O) groups is 1. The van der Waals surface area contributed by atoms with Crippen molar-refractivity contribution >= 4 is 5.91 Å². The van der Waals surface area contributed by atoms with Crippen LogP contribution in [0.15, 0.2) is 18.5 Å². The molecule has 3 nitrogen and oxygen atoms in total. The molecule has 1 aliphatic heterocycles. The molecule has 1 amide bonds. The number of rotatable bonds is 2. The summed E-state index contributed by atoms with van der Waals surface area (Å²) in [5.74, 6) is 0.338. The standard InChI is InChI=1S/C11H14N2O/c1-8-4-9(7-12-6-8)5-10-2-3-13-11(10)14/h4,6-7,10H,2-3,5H2,1H3,(H,13,14). The first-order chi connectivity index (χ1) is 6.75. The zero-order valence-corrected chi connectivity index (χ0v) is 8.29. The molecule has 0 aliphatic carbocycles. The largest absolute Gasteiger partial charge is 0.356 e. The van der Waals surface area contributed by atoms with E-state index in [4.69, 9.17) is 0 Å². The van der Waals surface area contributed by atoms with Crippen LogP contribution in [0.2, 0.25) is 0 Å². The van der Waals surface area contributed by atoms with Gasteiger partial charge in [-0.1, -0.05) is 6.07 Å². The third-order valence-electron chi connectivity index (χ3n) is 2.58. The van der Waals surface area contributed by atoms with Gasteiger partial charge in [0.1, 0.15) is 0 Å². The van der Waals surface area contributed by atoms with E-state index in [-0.39, 0.29) is 11.8 Å². The van der Waals surface area contributed by atoms with Crippen LogP contribution in [0.25, 0.3) is 0 Å². The average molecular weight is 190 g/mol. The Morgan fingerprint density at radius 3 is 3.07 bits per heavy atom. The van der Waals surface area contributed by atoms with E-state index in [2.05, 4.69) is 16.4 Å². The number of aromatic nitrogens is 1. The van der Waals surface area contributed by atoms with E-state index in [1.54, 1.807) is 0 Å². The number of amides is 1. The molecule has 3 heteroatoms. The third-order valence-corrected chi connectivity index (χ3v) is 2.58. The highest BCUT2D eigenvalue weighted by molar-refractivity contribution is 5.80. The van der Waals surface area contributed by atoms with Gasteiger partial charge in [0.2, 0.25) is 5.91 Å². The van der Waals surface area contributed by atoms with Crippen LogP contribution < -0.4 is 5.32 Å². The molecule has 1 fully saturated rings. The van der Waals surface area contributed by atoms with E-state index in [0.29, 0.717) is 0 Å². The van der Waals surface area contributed by atoms with Crippen molar-refractivity contribution in [1.82, 2.24) is 10.3 Å². The molecule has 74 valence electrons. The van der Waals surface area contributed by atoms with Crippen molar-refractivity contribution in [3.8, 4) is 0 Å². The van der Waals surface area contributed by atoms with Gasteiger partial charge in [0.05, 0.1) is 0 Å². The number of hydrogen-bond acceptors (Lipinski definition) is 2. The minimum absolute atomic E-state index is 0.151. The Morgan fingerprint density at radius 1 is 1.57 bits per heavy atom. The van der Waals surface area contributed by atoms with Crippen LogP contribution in [0.5, 0.6) is 0 Å². The normalized spacial score (nSPS) is 20.9. The second kappa shape index (κ2) is 3.78. The summed E-state index contributed by atoms with van der Waals surface area (Å²) in [6.07, 6.45) is 5.45. The Bertz CT molecular complexity index is 349. The van der Waals surface area contributed by atoms with Gasteiger partial charge < -0.3 is 5.32 Å². The summed E-state index contributed by atoms with van der Waals surface area (Å²) in [5.41, 5.74) is 2.31. The van der Waals surface area contributed by atoms with Gasteiger partial charge in [-0.15, -0.1) is 0 Å². The SMILES string of the molecule is Cc1cncc(CC2CCNC2=O)c1. The number of carbonyl (C=O) groups excluding carboxylic acids is 1. The van der Waals surface area contributed by atoms with Gasteiger partial charge in [0.25, 0.3) is 0 Å². The van der Waals surface area contributed by atoms with Gasteiger partial charge in [-0.05, 0) is 30.9 Å². The second-order valence-corrected chi connectivity index (χ2v) is 3.85. The molecular weight excluding hydrogens is 176 g/mol. The van der Waals surface area contributed by atoms with Crippen molar-refractivity contribution in [1.29, 1.82) is 0 Å². The molecule has 1 aromatic rings. The number of nitrogens with one attached hydrogen (secondary N) is 1. The zero-order valence-electron chi connectivity index (χ0n) is 8.29. The van der Waals surface area contributed by atoms with Crippen molar-refractivity contribution in [2.24, 2.45) is 5.92 Å². The summed E-state index contributed by atoms with van der Waals surface area (Å²) in [7, 11) is 0. The molecule has 0 radical (unpaired) electrons. The van der Waals surface area contributed by atoms with Crippen molar-refractivity contribution < 1.29 is 4.79 Å². The highest BCUT2D eigenvalue weighted by atomic mass is 16.2. The lowest BCUT2D eigenvalue weighted by Gasteiger charge is -2.06. The molecule has 1 unspecified atom stereocenters. The highest BCUT2D eigenvalue weighted by Gasteiger charge is 2.23. The molecule has 1 aliphatic rings. The van der Waals surface area contributed by atoms with E-state index in [1.807, 2.05) is 19.3 Å². The minimum Gasteiger partial charge on any atom is -0.356 e. The Morgan fingerprint density at radius 2 is 2.43 bits per heavy atom. The lowest BCUT2D eigenvalue weighted by Crippen LogP contribution is -2.20. The Balaban J connectivity index is 2.07. The fraction of sp³-hybridized carbons (Fsp3) is 0.455. The molecule has 0 spiro atoms. The van der Waals surface area contributed by atoms with Crippen molar-refractivity contribution in [2.75, 3.05) is 6.54 Å². The smallest absolute Gasteiger partial charge is 0.223 e. The Kier molecular flexibility index (Phi) is 2.48. The van der Waals surface area contributed by atoms with Crippen LogP contribution in [0, 0.1) is 12.8 Å². The predicted molar refractivity (Wildman–Crippen MR) is 53.8 cm³/mol. The van der Waals surface area contributed by atoms with Crippen LogP contribution in [0.1, 0.15) is 17.5 Å².